The normalized spacial score (nSPS) is 16.2. The highest BCUT2D eigenvalue weighted by molar-refractivity contribution is 5.91. The molecule has 1 saturated carbocycles. The van der Waals surface area contributed by atoms with Crippen molar-refractivity contribution in [3.63, 3.8) is 0 Å². The van der Waals surface area contributed by atoms with Gasteiger partial charge in [0.1, 0.15) is 0 Å². The van der Waals surface area contributed by atoms with Gasteiger partial charge in [0, 0.05) is 12.1 Å². The molecule has 1 aliphatic carbocycles. The summed E-state index contributed by atoms with van der Waals surface area (Å²) in [5.74, 6) is -4.41. The Bertz CT molecular complexity index is 501. The van der Waals surface area contributed by atoms with Gasteiger partial charge >= 0.3 is 0 Å². The molecule has 1 fully saturated rings. The van der Waals surface area contributed by atoms with Crippen LogP contribution in [0.25, 0.3) is 0 Å². The minimum Gasteiger partial charge on any atom is -0.355 e. The summed E-state index contributed by atoms with van der Waals surface area (Å²) in [5, 5.41) is 2.64. The van der Waals surface area contributed by atoms with E-state index >= 15 is 0 Å². The summed E-state index contributed by atoms with van der Waals surface area (Å²) < 4.78 is 39.8. The second-order valence-corrected chi connectivity index (χ2v) is 4.70. The van der Waals surface area contributed by atoms with Crippen LogP contribution in [0.1, 0.15) is 24.8 Å². The van der Waals surface area contributed by atoms with Crippen molar-refractivity contribution in [2.45, 2.75) is 24.7 Å². The first-order valence-electron chi connectivity index (χ1n) is 6.15. The van der Waals surface area contributed by atoms with Crippen LogP contribution in [0, 0.1) is 17.5 Å². The molecular weight excluding hydrogens is 257 g/mol. The van der Waals surface area contributed by atoms with Crippen LogP contribution in [0.4, 0.5) is 13.2 Å². The molecule has 0 saturated heterocycles. The molecule has 0 bridgehead atoms. The van der Waals surface area contributed by atoms with E-state index in [2.05, 4.69) is 5.32 Å². The van der Waals surface area contributed by atoms with Crippen molar-refractivity contribution in [3.8, 4) is 0 Å². The molecule has 1 aromatic rings. The molecule has 19 heavy (non-hydrogen) atoms. The Morgan fingerprint density at radius 1 is 1.26 bits per heavy atom. The highest BCUT2D eigenvalue weighted by Crippen LogP contribution is 2.49. The van der Waals surface area contributed by atoms with Crippen LogP contribution in [-0.4, -0.2) is 19.0 Å². The van der Waals surface area contributed by atoms with Crippen LogP contribution < -0.4 is 11.1 Å². The van der Waals surface area contributed by atoms with Gasteiger partial charge in [-0.2, -0.15) is 0 Å². The summed E-state index contributed by atoms with van der Waals surface area (Å²) >= 11 is 0. The Kier molecular flexibility index (Phi) is 3.80. The zero-order valence-electron chi connectivity index (χ0n) is 10.3. The van der Waals surface area contributed by atoms with Crippen LogP contribution >= 0.6 is 0 Å². The molecule has 0 unspecified atom stereocenters. The maximum absolute atomic E-state index is 13.7. The Morgan fingerprint density at radius 2 is 1.95 bits per heavy atom. The summed E-state index contributed by atoms with van der Waals surface area (Å²) in [6.45, 7) is 0.829. The van der Waals surface area contributed by atoms with E-state index in [4.69, 9.17) is 5.73 Å². The molecule has 1 aliphatic rings. The molecule has 0 aromatic heterocycles. The van der Waals surface area contributed by atoms with Crippen molar-refractivity contribution >= 4 is 5.91 Å². The molecule has 2 rings (SSSR count). The van der Waals surface area contributed by atoms with Gasteiger partial charge in [-0.25, -0.2) is 13.2 Å². The third kappa shape index (κ3) is 2.45. The molecule has 104 valence electrons. The number of amides is 1. The molecule has 1 amide bonds. The van der Waals surface area contributed by atoms with Gasteiger partial charge in [0.15, 0.2) is 17.5 Å². The topological polar surface area (TPSA) is 55.1 Å². The number of rotatable bonds is 5. The van der Waals surface area contributed by atoms with Crippen LogP contribution in [0.3, 0.4) is 0 Å². The third-order valence-corrected chi connectivity index (χ3v) is 3.40. The Morgan fingerprint density at radius 3 is 2.53 bits per heavy atom. The summed E-state index contributed by atoms with van der Waals surface area (Å²) in [4.78, 5) is 12.0. The molecule has 0 heterocycles. The molecule has 0 spiro atoms. The minimum absolute atomic E-state index is 0.0725. The fourth-order valence-corrected chi connectivity index (χ4v) is 2.11. The number of nitrogens with one attached hydrogen (secondary N) is 1. The fraction of sp³-hybridized carbons (Fsp3) is 0.462. The maximum atomic E-state index is 13.7. The van der Waals surface area contributed by atoms with Crippen molar-refractivity contribution in [2.24, 2.45) is 5.73 Å². The minimum atomic E-state index is -1.53. The molecule has 3 nitrogen and oxygen atoms in total. The Labute approximate surface area is 109 Å². The predicted octanol–water partition coefficient (Wildman–Crippen LogP) is 1.60. The number of halogens is 3. The fourth-order valence-electron chi connectivity index (χ4n) is 2.11. The van der Waals surface area contributed by atoms with Crippen LogP contribution in [0.2, 0.25) is 0 Å². The largest absolute Gasteiger partial charge is 0.355 e. The number of nitrogens with two attached hydrogens (primary N) is 1. The van der Waals surface area contributed by atoms with Gasteiger partial charge < -0.3 is 11.1 Å². The lowest BCUT2D eigenvalue weighted by Gasteiger charge is -2.16. The Balaban J connectivity index is 2.21. The van der Waals surface area contributed by atoms with Crippen molar-refractivity contribution < 1.29 is 18.0 Å². The first-order valence-corrected chi connectivity index (χ1v) is 6.15. The molecule has 6 heteroatoms. The highest BCUT2D eigenvalue weighted by Gasteiger charge is 2.53. The average molecular weight is 272 g/mol. The monoisotopic (exact) mass is 272 g/mol. The lowest BCUT2D eigenvalue weighted by atomic mass is 9.94. The van der Waals surface area contributed by atoms with E-state index in [1.54, 1.807) is 0 Å². The standard InChI is InChI=1S/C13H15F3N2O/c14-9-3-2-8(10(15)11(9)16)13(4-5-13)12(19)18-7-1-6-17/h2-3H,1,4-7,17H2,(H,18,19). The van der Waals surface area contributed by atoms with Gasteiger partial charge in [-0.1, -0.05) is 6.07 Å². The number of hydrogen-bond acceptors (Lipinski definition) is 2. The Hall–Kier alpha value is -1.56. The second kappa shape index (κ2) is 5.21. The summed E-state index contributed by atoms with van der Waals surface area (Å²) in [6.07, 6.45) is 1.48. The summed E-state index contributed by atoms with van der Waals surface area (Å²) in [5.41, 5.74) is 4.19. The quantitative estimate of drug-likeness (QED) is 0.632. The van der Waals surface area contributed by atoms with Crippen LogP contribution in [0.5, 0.6) is 0 Å². The molecule has 1 aromatic carbocycles. The summed E-state index contributed by atoms with van der Waals surface area (Å²) in [7, 11) is 0. The molecule has 0 aliphatic heterocycles. The van der Waals surface area contributed by atoms with E-state index in [0.717, 1.165) is 12.1 Å². The van der Waals surface area contributed by atoms with E-state index in [1.165, 1.54) is 0 Å². The third-order valence-electron chi connectivity index (χ3n) is 3.40. The smallest absolute Gasteiger partial charge is 0.230 e. The van der Waals surface area contributed by atoms with Crippen molar-refractivity contribution in [3.05, 3.63) is 35.1 Å². The zero-order chi connectivity index (χ0) is 14.0. The van der Waals surface area contributed by atoms with Crippen molar-refractivity contribution in [1.29, 1.82) is 0 Å². The molecular formula is C13H15F3N2O. The van der Waals surface area contributed by atoms with E-state index in [-0.39, 0.29) is 11.5 Å². The lowest BCUT2D eigenvalue weighted by molar-refractivity contribution is -0.123. The lowest BCUT2D eigenvalue weighted by Crippen LogP contribution is -2.36. The van der Waals surface area contributed by atoms with E-state index in [9.17, 15) is 18.0 Å². The first kappa shape index (κ1) is 13.9. The van der Waals surface area contributed by atoms with Crippen LogP contribution in [-0.2, 0) is 10.2 Å². The number of hydrogen-bond donors (Lipinski definition) is 2. The van der Waals surface area contributed by atoms with Crippen molar-refractivity contribution in [2.75, 3.05) is 13.1 Å². The zero-order valence-corrected chi connectivity index (χ0v) is 10.3. The molecule has 0 atom stereocenters. The van der Waals surface area contributed by atoms with Gasteiger partial charge in [0.2, 0.25) is 5.91 Å². The van der Waals surface area contributed by atoms with Gasteiger partial charge in [-0.15, -0.1) is 0 Å². The van der Waals surface area contributed by atoms with Crippen LogP contribution in [0.15, 0.2) is 12.1 Å². The molecule has 3 N–H and O–H groups in total. The average Bonchev–Trinajstić information content (AvgIpc) is 3.18. The maximum Gasteiger partial charge on any atom is 0.230 e. The highest BCUT2D eigenvalue weighted by atomic mass is 19.2. The number of carbonyl (C=O) groups is 1. The van der Waals surface area contributed by atoms with Gasteiger partial charge in [-0.3, -0.25) is 4.79 Å². The SMILES string of the molecule is NCCCNC(=O)C1(c2ccc(F)c(F)c2F)CC1. The number of benzene rings is 1. The van der Waals surface area contributed by atoms with E-state index < -0.39 is 22.9 Å². The number of carbonyl (C=O) groups excluding carboxylic acids is 1. The summed E-state index contributed by atoms with van der Waals surface area (Å²) in [6, 6.07) is 1.99. The second-order valence-electron chi connectivity index (χ2n) is 4.70. The van der Waals surface area contributed by atoms with Gasteiger partial charge in [-0.05, 0) is 31.9 Å². The first-order chi connectivity index (χ1) is 9.03. The molecule has 0 radical (unpaired) electrons. The van der Waals surface area contributed by atoms with E-state index in [0.29, 0.717) is 32.4 Å². The van der Waals surface area contributed by atoms with Gasteiger partial charge in [0.25, 0.3) is 0 Å². The van der Waals surface area contributed by atoms with E-state index in [1.807, 2.05) is 0 Å². The van der Waals surface area contributed by atoms with Gasteiger partial charge in [0.05, 0.1) is 5.41 Å². The predicted molar refractivity (Wildman–Crippen MR) is 63.9 cm³/mol. The van der Waals surface area contributed by atoms with Crippen molar-refractivity contribution in [1.82, 2.24) is 5.32 Å².